The first-order valence-corrected chi connectivity index (χ1v) is 7.61. The van der Waals surface area contributed by atoms with E-state index >= 15 is 0 Å². The van der Waals surface area contributed by atoms with Gasteiger partial charge in [-0.05, 0) is 42.0 Å². The van der Waals surface area contributed by atoms with Gasteiger partial charge in [0.15, 0.2) is 0 Å². The molecule has 0 aliphatic heterocycles. The van der Waals surface area contributed by atoms with E-state index in [1.165, 1.54) is 18.3 Å². The second-order valence-corrected chi connectivity index (χ2v) is 5.35. The van der Waals surface area contributed by atoms with E-state index < -0.39 is 0 Å². The maximum absolute atomic E-state index is 12.2. The van der Waals surface area contributed by atoms with Crippen molar-refractivity contribution >= 4 is 23.1 Å². The summed E-state index contributed by atoms with van der Waals surface area (Å²) in [7, 11) is 0. The molecule has 3 rings (SSSR count). The molecule has 1 aromatic carbocycles. The van der Waals surface area contributed by atoms with Crippen molar-refractivity contribution < 1.29 is 9.90 Å². The van der Waals surface area contributed by atoms with Crippen molar-refractivity contribution in [3.63, 3.8) is 0 Å². The first kappa shape index (κ1) is 16.3. The van der Waals surface area contributed by atoms with Crippen LogP contribution in [-0.4, -0.2) is 21.0 Å². The predicted octanol–water partition coefficient (Wildman–Crippen LogP) is 2.63. The van der Waals surface area contributed by atoms with Crippen molar-refractivity contribution in [2.75, 3.05) is 16.4 Å². The summed E-state index contributed by atoms with van der Waals surface area (Å²) in [5.41, 5.74) is 8.40. The average molecular weight is 335 g/mol. The van der Waals surface area contributed by atoms with Gasteiger partial charge in [-0.3, -0.25) is 4.79 Å². The van der Waals surface area contributed by atoms with Gasteiger partial charge in [-0.15, -0.1) is 0 Å². The molecule has 2 aromatic heterocycles. The van der Waals surface area contributed by atoms with Gasteiger partial charge in [-0.2, -0.15) is 0 Å². The minimum Gasteiger partial charge on any atom is -0.506 e. The first-order chi connectivity index (χ1) is 12.1. The lowest BCUT2D eigenvalue weighted by atomic mass is 10.2. The third-order valence-electron chi connectivity index (χ3n) is 3.49. The molecule has 0 saturated carbocycles. The van der Waals surface area contributed by atoms with Crippen LogP contribution in [-0.2, 0) is 6.54 Å². The number of rotatable bonds is 5. The van der Waals surface area contributed by atoms with Crippen LogP contribution in [0.15, 0.2) is 60.9 Å². The highest BCUT2D eigenvalue weighted by Gasteiger charge is 2.08. The van der Waals surface area contributed by atoms with E-state index in [1.807, 2.05) is 24.3 Å². The fourth-order valence-corrected chi connectivity index (χ4v) is 2.24. The number of anilines is 3. The number of nitrogens with one attached hydrogen (secondary N) is 2. The lowest BCUT2D eigenvalue weighted by Gasteiger charge is -2.10. The first-order valence-electron chi connectivity index (χ1n) is 7.61. The molecule has 3 aromatic rings. The van der Waals surface area contributed by atoms with Gasteiger partial charge < -0.3 is 21.5 Å². The number of aromatic nitrogens is 2. The van der Waals surface area contributed by atoms with E-state index in [2.05, 4.69) is 20.6 Å². The van der Waals surface area contributed by atoms with Crippen LogP contribution in [0.3, 0.4) is 0 Å². The summed E-state index contributed by atoms with van der Waals surface area (Å²) in [6, 6.07) is 14.0. The Hall–Kier alpha value is -3.61. The van der Waals surface area contributed by atoms with Crippen LogP contribution < -0.4 is 16.4 Å². The molecule has 7 nitrogen and oxygen atoms in total. The van der Waals surface area contributed by atoms with Crippen molar-refractivity contribution in [1.29, 1.82) is 0 Å². The second kappa shape index (κ2) is 7.31. The molecule has 0 aliphatic rings. The lowest BCUT2D eigenvalue weighted by Crippen LogP contribution is -2.13. The summed E-state index contributed by atoms with van der Waals surface area (Å²) < 4.78 is 0. The maximum Gasteiger partial charge on any atom is 0.274 e. The smallest absolute Gasteiger partial charge is 0.274 e. The molecule has 2 heterocycles. The number of hydrogen-bond acceptors (Lipinski definition) is 6. The quantitative estimate of drug-likeness (QED) is 0.570. The van der Waals surface area contributed by atoms with Crippen LogP contribution in [0.1, 0.15) is 16.1 Å². The fourth-order valence-electron chi connectivity index (χ4n) is 2.24. The summed E-state index contributed by atoms with van der Waals surface area (Å²) in [4.78, 5) is 20.1. The third-order valence-corrected chi connectivity index (χ3v) is 3.49. The number of benzene rings is 1. The molecule has 5 N–H and O–H groups in total. The average Bonchev–Trinajstić information content (AvgIpc) is 2.62. The number of nitrogen functional groups attached to an aromatic ring is 1. The van der Waals surface area contributed by atoms with Gasteiger partial charge in [0, 0.05) is 18.4 Å². The van der Waals surface area contributed by atoms with Crippen molar-refractivity contribution in [2.24, 2.45) is 0 Å². The Balaban J connectivity index is 1.66. The third kappa shape index (κ3) is 4.23. The van der Waals surface area contributed by atoms with Gasteiger partial charge in [-0.25, -0.2) is 9.97 Å². The molecule has 0 spiro atoms. The maximum atomic E-state index is 12.2. The molecule has 0 bridgehead atoms. The Morgan fingerprint density at radius 2 is 2.00 bits per heavy atom. The Labute approximate surface area is 144 Å². The Morgan fingerprint density at radius 3 is 2.76 bits per heavy atom. The highest BCUT2D eigenvalue weighted by molar-refractivity contribution is 6.02. The number of carbonyl (C=O) groups is 1. The molecular weight excluding hydrogens is 318 g/mol. The number of nitrogens with zero attached hydrogens (tertiary/aromatic N) is 2. The molecule has 0 aliphatic carbocycles. The molecule has 7 heteroatoms. The zero-order valence-corrected chi connectivity index (χ0v) is 13.3. The van der Waals surface area contributed by atoms with Crippen LogP contribution in [0.4, 0.5) is 17.2 Å². The van der Waals surface area contributed by atoms with E-state index in [0.29, 0.717) is 18.1 Å². The van der Waals surface area contributed by atoms with Crippen LogP contribution in [0.5, 0.6) is 5.75 Å². The normalized spacial score (nSPS) is 10.2. The summed E-state index contributed by atoms with van der Waals surface area (Å²) in [6.07, 6.45) is 2.86. The summed E-state index contributed by atoms with van der Waals surface area (Å²) in [5.74, 6) is 0.103. The topological polar surface area (TPSA) is 113 Å². The largest absolute Gasteiger partial charge is 0.506 e. The van der Waals surface area contributed by atoms with E-state index in [0.717, 1.165) is 11.3 Å². The van der Waals surface area contributed by atoms with Crippen molar-refractivity contribution in [3.8, 4) is 5.75 Å². The SMILES string of the molecule is Nc1ncccc1NCc1cccc(NC(=O)c2ccc(O)cn2)c1. The van der Waals surface area contributed by atoms with E-state index in [-0.39, 0.29) is 17.4 Å². The van der Waals surface area contributed by atoms with Gasteiger partial charge in [0.25, 0.3) is 5.91 Å². The Morgan fingerprint density at radius 1 is 1.12 bits per heavy atom. The van der Waals surface area contributed by atoms with Crippen LogP contribution in [0.2, 0.25) is 0 Å². The minimum atomic E-state index is -0.346. The number of amides is 1. The van der Waals surface area contributed by atoms with Gasteiger partial charge >= 0.3 is 0 Å². The summed E-state index contributed by atoms with van der Waals surface area (Å²) >= 11 is 0. The molecule has 0 saturated heterocycles. The zero-order valence-electron chi connectivity index (χ0n) is 13.3. The molecular formula is C18H17N5O2. The number of pyridine rings is 2. The van der Waals surface area contributed by atoms with Crippen molar-refractivity contribution in [1.82, 2.24) is 9.97 Å². The molecule has 0 unspecified atom stereocenters. The van der Waals surface area contributed by atoms with Crippen LogP contribution in [0, 0.1) is 0 Å². The molecule has 0 fully saturated rings. The van der Waals surface area contributed by atoms with E-state index in [4.69, 9.17) is 5.73 Å². The molecule has 1 amide bonds. The van der Waals surface area contributed by atoms with Gasteiger partial charge in [0.2, 0.25) is 0 Å². The number of hydrogen-bond donors (Lipinski definition) is 4. The zero-order chi connectivity index (χ0) is 17.6. The number of carbonyl (C=O) groups excluding carboxylic acids is 1. The van der Waals surface area contributed by atoms with E-state index in [1.54, 1.807) is 18.3 Å². The second-order valence-electron chi connectivity index (χ2n) is 5.35. The predicted molar refractivity (Wildman–Crippen MR) is 96.3 cm³/mol. The van der Waals surface area contributed by atoms with Gasteiger partial charge in [-0.1, -0.05) is 12.1 Å². The Kier molecular flexibility index (Phi) is 4.75. The van der Waals surface area contributed by atoms with Gasteiger partial charge in [0.05, 0.1) is 11.9 Å². The fraction of sp³-hybridized carbons (Fsp3) is 0.0556. The summed E-state index contributed by atoms with van der Waals surface area (Å²) in [6.45, 7) is 0.539. The highest BCUT2D eigenvalue weighted by atomic mass is 16.3. The highest BCUT2D eigenvalue weighted by Crippen LogP contribution is 2.17. The minimum absolute atomic E-state index is 0.0132. The van der Waals surface area contributed by atoms with E-state index in [9.17, 15) is 9.90 Å². The molecule has 25 heavy (non-hydrogen) atoms. The van der Waals surface area contributed by atoms with Crippen LogP contribution >= 0.6 is 0 Å². The molecule has 0 radical (unpaired) electrons. The van der Waals surface area contributed by atoms with Crippen LogP contribution in [0.25, 0.3) is 0 Å². The van der Waals surface area contributed by atoms with Crippen molar-refractivity contribution in [2.45, 2.75) is 6.54 Å². The van der Waals surface area contributed by atoms with Gasteiger partial charge in [0.1, 0.15) is 17.3 Å². The number of nitrogens with two attached hydrogens (primary N) is 1. The number of aromatic hydroxyl groups is 1. The lowest BCUT2D eigenvalue weighted by molar-refractivity contribution is 0.102. The standard InChI is InChI=1S/C18H17N5O2/c19-17-15(5-2-8-20-17)21-10-12-3-1-4-13(9-12)23-18(25)16-7-6-14(24)11-22-16/h1-9,11,21,24H,10H2,(H2,19,20)(H,23,25). The monoisotopic (exact) mass is 335 g/mol. The van der Waals surface area contributed by atoms with Crippen molar-refractivity contribution in [3.05, 3.63) is 72.2 Å². The molecule has 126 valence electrons. The molecule has 0 atom stereocenters. The Bertz CT molecular complexity index is 881. The summed E-state index contributed by atoms with van der Waals surface area (Å²) in [5, 5.41) is 15.2.